The zero-order valence-corrected chi connectivity index (χ0v) is 13.2. The summed E-state index contributed by atoms with van der Waals surface area (Å²) in [5, 5.41) is 3.52. The molecule has 0 spiro atoms. The minimum absolute atomic E-state index is 0.302. The second kappa shape index (κ2) is 8.90. The Bertz CT molecular complexity index is 422. The monoisotopic (exact) mass is 293 g/mol. The lowest BCUT2D eigenvalue weighted by atomic mass is 10.1. The summed E-state index contributed by atoms with van der Waals surface area (Å²) in [6.07, 6.45) is 3.39. The maximum absolute atomic E-state index is 5.62. The molecule has 1 N–H and O–H groups in total. The fraction of sp³-hybridized carbons (Fsp3) is 0.647. The van der Waals surface area contributed by atoms with Crippen LogP contribution in [0.15, 0.2) is 18.2 Å². The van der Waals surface area contributed by atoms with Gasteiger partial charge in [0.15, 0.2) is 11.5 Å². The van der Waals surface area contributed by atoms with Crippen molar-refractivity contribution in [1.82, 2.24) is 5.32 Å². The van der Waals surface area contributed by atoms with Crippen molar-refractivity contribution in [3.63, 3.8) is 0 Å². The highest BCUT2D eigenvalue weighted by Gasteiger charge is 2.13. The molecule has 1 unspecified atom stereocenters. The second-order valence-corrected chi connectivity index (χ2v) is 5.40. The molecule has 4 heteroatoms. The van der Waals surface area contributed by atoms with E-state index < -0.39 is 0 Å². The molecule has 0 bridgehead atoms. The molecule has 0 amide bonds. The topological polar surface area (TPSA) is 39.7 Å². The molecule has 0 radical (unpaired) electrons. The number of hydrogen-bond acceptors (Lipinski definition) is 4. The van der Waals surface area contributed by atoms with Gasteiger partial charge in [-0.25, -0.2) is 0 Å². The van der Waals surface area contributed by atoms with Crippen molar-refractivity contribution in [2.24, 2.45) is 0 Å². The molecule has 1 aromatic rings. The Morgan fingerprint density at radius 3 is 2.71 bits per heavy atom. The lowest BCUT2D eigenvalue weighted by Gasteiger charge is -2.21. The number of rotatable bonds is 9. The summed E-state index contributed by atoms with van der Waals surface area (Å²) >= 11 is 0. The molecule has 1 heterocycles. The minimum atomic E-state index is 0.302. The van der Waals surface area contributed by atoms with Gasteiger partial charge in [-0.3, -0.25) is 0 Å². The summed E-state index contributed by atoms with van der Waals surface area (Å²) in [5.74, 6) is 1.71. The van der Waals surface area contributed by atoms with Gasteiger partial charge in [0.2, 0.25) is 0 Å². The van der Waals surface area contributed by atoms with Gasteiger partial charge in [0, 0.05) is 19.3 Å². The number of ether oxygens (including phenoxy) is 3. The predicted molar refractivity (Wildman–Crippen MR) is 84.2 cm³/mol. The largest absolute Gasteiger partial charge is 0.486 e. The normalized spacial score (nSPS) is 15.0. The zero-order chi connectivity index (χ0) is 14.9. The van der Waals surface area contributed by atoms with Crippen LogP contribution in [0, 0.1) is 0 Å². The lowest BCUT2D eigenvalue weighted by Crippen LogP contribution is -2.21. The summed E-state index contributed by atoms with van der Waals surface area (Å²) in [6.45, 7) is 8.30. The van der Waals surface area contributed by atoms with Gasteiger partial charge >= 0.3 is 0 Å². The Hall–Kier alpha value is -1.26. The molecule has 0 saturated carbocycles. The maximum Gasteiger partial charge on any atom is 0.161 e. The van der Waals surface area contributed by atoms with E-state index in [2.05, 4.69) is 31.3 Å². The van der Waals surface area contributed by atoms with E-state index in [1.165, 1.54) is 12.0 Å². The average Bonchev–Trinajstić information content (AvgIpc) is 2.53. The summed E-state index contributed by atoms with van der Waals surface area (Å²) in [5.41, 5.74) is 1.23. The third kappa shape index (κ3) is 5.21. The molecular weight excluding hydrogens is 266 g/mol. The van der Waals surface area contributed by atoms with Gasteiger partial charge in [-0.05, 0) is 44.0 Å². The fourth-order valence-corrected chi connectivity index (χ4v) is 2.29. The lowest BCUT2D eigenvalue weighted by molar-refractivity contribution is 0.128. The number of unbranched alkanes of at least 4 members (excludes halogenated alkanes) is 1. The van der Waals surface area contributed by atoms with E-state index in [1.54, 1.807) is 0 Å². The van der Waals surface area contributed by atoms with Crippen LogP contribution in [0.25, 0.3) is 0 Å². The maximum atomic E-state index is 5.62. The Labute approximate surface area is 127 Å². The van der Waals surface area contributed by atoms with Crippen molar-refractivity contribution in [3.05, 3.63) is 23.8 Å². The van der Waals surface area contributed by atoms with E-state index in [-0.39, 0.29) is 0 Å². The summed E-state index contributed by atoms with van der Waals surface area (Å²) in [4.78, 5) is 0. The Balaban J connectivity index is 1.69. The van der Waals surface area contributed by atoms with Gasteiger partial charge in [-0.15, -0.1) is 0 Å². The van der Waals surface area contributed by atoms with Crippen LogP contribution in [0.3, 0.4) is 0 Å². The van der Waals surface area contributed by atoms with Crippen LogP contribution in [0.4, 0.5) is 0 Å². The molecular formula is C17H27NO3. The molecule has 0 aromatic heterocycles. The van der Waals surface area contributed by atoms with Crippen molar-refractivity contribution in [2.45, 2.75) is 39.2 Å². The highest BCUT2D eigenvalue weighted by molar-refractivity contribution is 5.44. The van der Waals surface area contributed by atoms with Crippen molar-refractivity contribution in [1.29, 1.82) is 0 Å². The highest BCUT2D eigenvalue weighted by Crippen LogP contribution is 2.32. The molecule has 21 heavy (non-hydrogen) atoms. The van der Waals surface area contributed by atoms with Crippen LogP contribution in [-0.4, -0.2) is 33.0 Å². The molecule has 1 aliphatic rings. The van der Waals surface area contributed by atoms with Crippen molar-refractivity contribution in [3.8, 4) is 11.5 Å². The van der Waals surface area contributed by atoms with Crippen LogP contribution in [0.5, 0.6) is 11.5 Å². The van der Waals surface area contributed by atoms with Gasteiger partial charge in [0.25, 0.3) is 0 Å². The quantitative estimate of drug-likeness (QED) is 0.709. The number of hydrogen-bond donors (Lipinski definition) is 1. The van der Waals surface area contributed by atoms with E-state index in [0.717, 1.165) is 44.1 Å². The van der Waals surface area contributed by atoms with Crippen LogP contribution in [0.2, 0.25) is 0 Å². The SMILES string of the molecule is CCCCOCCCNC(C)c1ccc2c(c1)OCCO2. The van der Waals surface area contributed by atoms with E-state index in [9.17, 15) is 0 Å². The number of fused-ring (bicyclic) bond motifs is 1. The van der Waals surface area contributed by atoms with E-state index in [1.807, 2.05) is 6.07 Å². The molecule has 2 rings (SSSR count). The number of nitrogens with one attached hydrogen (secondary N) is 1. The molecule has 1 aromatic carbocycles. The standard InChI is InChI=1S/C17H27NO3/c1-3-4-9-19-10-5-8-18-14(2)15-6-7-16-17(13-15)21-12-11-20-16/h6-7,13-14,18H,3-5,8-12H2,1-2H3. The van der Waals surface area contributed by atoms with Gasteiger partial charge in [0.05, 0.1) is 0 Å². The van der Waals surface area contributed by atoms with Crippen molar-refractivity contribution in [2.75, 3.05) is 33.0 Å². The summed E-state index contributed by atoms with van der Waals surface area (Å²) in [7, 11) is 0. The first-order chi connectivity index (χ1) is 10.3. The third-order valence-electron chi connectivity index (χ3n) is 3.62. The fourth-order valence-electron chi connectivity index (χ4n) is 2.29. The van der Waals surface area contributed by atoms with Crippen LogP contribution in [-0.2, 0) is 4.74 Å². The van der Waals surface area contributed by atoms with E-state index >= 15 is 0 Å². The Morgan fingerprint density at radius 1 is 1.14 bits per heavy atom. The second-order valence-electron chi connectivity index (χ2n) is 5.40. The van der Waals surface area contributed by atoms with Crippen LogP contribution in [0.1, 0.15) is 44.7 Å². The smallest absolute Gasteiger partial charge is 0.161 e. The minimum Gasteiger partial charge on any atom is -0.486 e. The van der Waals surface area contributed by atoms with Gasteiger partial charge in [-0.1, -0.05) is 19.4 Å². The first-order valence-electron chi connectivity index (χ1n) is 8.02. The molecule has 4 nitrogen and oxygen atoms in total. The average molecular weight is 293 g/mol. The highest BCUT2D eigenvalue weighted by atomic mass is 16.6. The molecule has 1 aliphatic heterocycles. The van der Waals surface area contributed by atoms with Crippen LogP contribution >= 0.6 is 0 Å². The number of benzene rings is 1. The molecule has 0 fully saturated rings. The first kappa shape index (κ1) is 16.1. The third-order valence-corrected chi connectivity index (χ3v) is 3.62. The first-order valence-corrected chi connectivity index (χ1v) is 8.02. The van der Waals surface area contributed by atoms with Gasteiger partial charge < -0.3 is 19.5 Å². The molecule has 118 valence electrons. The van der Waals surface area contributed by atoms with Gasteiger partial charge in [0.1, 0.15) is 13.2 Å². The van der Waals surface area contributed by atoms with Crippen molar-refractivity contribution < 1.29 is 14.2 Å². The van der Waals surface area contributed by atoms with Crippen LogP contribution < -0.4 is 14.8 Å². The molecule has 1 atom stereocenters. The zero-order valence-electron chi connectivity index (χ0n) is 13.2. The summed E-state index contributed by atoms with van der Waals surface area (Å²) in [6, 6.07) is 6.47. The summed E-state index contributed by atoms with van der Waals surface area (Å²) < 4.78 is 16.7. The van der Waals surface area contributed by atoms with Crippen molar-refractivity contribution >= 4 is 0 Å². The predicted octanol–water partition coefficient (Wildman–Crippen LogP) is 3.32. The Kier molecular flexibility index (Phi) is 6.83. The van der Waals surface area contributed by atoms with E-state index in [4.69, 9.17) is 14.2 Å². The van der Waals surface area contributed by atoms with Gasteiger partial charge in [-0.2, -0.15) is 0 Å². The molecule has 0 aliphatic carbocycles. The van der Waals surface area contributed by atoms with E-state index in [0.29, 0.717) is 19.3 Å². The molecule has 0 saturated heterocycles. The Morgan fingerprint density at radius 2 is 1.90 bits per heavy atom.